The molecule has 0 bridgehead atoms. The van der Waals surface area contributed by atoms with Crippen LogP contribution in [0.3, 0.4) is 0 Å². The standard InChI is InChI=1S/C12H17NO2/c1-8(2)13-12(14)10-6-5-9(3)11(7-10)15-4/h5-8H,1-4H3,(H,13,14). The summed E-state index contributed by atoms with van der Waals surface area (Å²) in [6.07, 6.45) is 0. The van der Waals surface area contributed by atoms with Crippen molar-refractivity contribution in [3.05, 3.63) is 29.3 Å². The maximum absolute atomic E-state index is 11.7. The van der Waals surface area contributed by atoms with E-state index >= 15 is 0 Å². The zero-order valence-corrected chi connectivity index (χ0v) is 9.63. The largest absolute Gasteiger partial charge is 0.496 e. The van der Waals surface area contributed by atoms with Crippen molar-refractivity contribution in [3.8, 4) is 5.75 Å². The van der Waals surface area contributed by atoms with Gasteiger partial charge in [-0.05, 0) is 38.5 Å². The van der Waals surface area contributed by atoms with Crippen LogP contribution in [0.1, 0.15) is 29.8 Å². The zero-order chi connectivity index (χ0) is 11.4. The lowest BCUT2D eigenvalue weighted by atomic mass is 10.1. The molecule has 0 aliphatic heterocycles. The van der Waals surface area contributed by atoms with Gasteiger partial charge in [-0.1, -0.05) is 6.07 Å². The average molecular weight is 207 g/mol. The molecule has 0 saturated heterocycles. The fraction of sp³-hybridized carbons (Fsp3) is 0.417. The van der Waals surface area contributed by atoms with Gasteiger partial charge in [-0.3, -0.25) is 4.79 Å². The van der Waals surface area contributed by atoms with Gasteiger partial charge in [0.05, 0.1) is 7.11 Å². The minimum Gasteiger partial charge on any atom is -0.496 e. The van der Waals surface area contributed by atoms with E-state index in [1.807, 2.05) is 26.8 Å². The summed E-state index contributed by atoms with van der Waals surface area (Å²) in [6, 6.07) is 5.58. The van der Waals surface area contributed by atoms with E-state index in [4.69, 9.17) is 4.74 Å². The number of nitrogens with one attached hydrogen (secondary N) is 1. The first-order chi connectivity index (χ1) is 7.04. The van der Waals surface area contributed by atoms with Crippen molar-refractivity contribution in [1.82, 2.24) is 5.32 Å². The van der Waals surface area contributed by atoms with E-state index in [0.29, 0.717) is 5.56 Å². The highest BCUT2D eigenvalue weighted by Gasteiger charge is 2.08. The lowest BCUT2D eigenvalue weighted by molar-refractivity contribution is 0.0943. The Kier molecular flexibility index (Phi) is 3.72. The number of rotatable bonds is 3. The van der Waals surface area contributed by atoms with E-state index < -0.39 is 0 Å². The third-order valence-electron chi connectivity index (χ3n) is 2.09. The molecule has 0 fully saturated rings. The van der Waals surface area contributed by atoms with Gasteiger partial charge in [-0.15, -0.1) is 0 Å². The predicted octanol–water partition coefficient (Wildman–Crippen LogP) is 2.14. The van der Waals surface area contributed by atoms with Crippen LogP contribution in [0.2, 0.25) is 0 Å². The van der Waals surface area contributed by atoms with Crippen LogP contribution in [0.4, 0.5) is 0 Å². The molecule has 82 valence electrons. The maximum atomic E-state index is 11.7. The van der Waals surface area contributed by atoms with Crippen LogP contribution in [-0.4, -0.2) is 19.1 Å². The van der Waals surface area contributed by atoms with E-state index in [1.165, 1.54) is 0 Å². The summed E-state index contributed by atoms with van der Waals surface area (Å²) in [5.74, 6) is 0.676. The molecular weight excluding hydrogens is 190 g/mol. The van der Waals surface area contributed by atoms with Crippen LogP contribution in [0, 0.1) is 6.92 Å². The number of benzene rings is 1. The first-order valence-electron chi connectivity index (χ1n) is 5.00. The maximum Gasteiger partial charge on any atom is 0.251 e. The van der Waals surface area contributed by atoms with Crippen molar-refractivity contribution in [2.24, 2.45) is 0 Å². The zero-order valence-electron chi connectivity index (χ0n) is 9.63. The van der Waals surface area contributed by atoms with E-state index in [0.717, 1.165) is 11.3 Å². The van der Waals surface area contributed by atoms with Crippen LogP contribution >= 0.6 is 0 Å². The highest BCUT2D eigenvalue weighted by atomic mass is 16.5. The van der Waals surface area contributed by atoms with Crippen molar-refractivity contribution < 1.29 is 9.53 Å². The fourth-order valence-corrected chi connectivity index (χ4v) is 1.31. The molecule has 1 amide bonds. The Morgan fingerprint density at radius 2 is 2.07 bits per heavy atom. The van der Waals surface area contributed by atoms with Crippen molar-refractivity contribution >= 4 is 5.91 Å². The third kappa shape index (κ3) is 2.98. The summed E-state index contributed by atoms with van der Waals surface area (Å²) in [7, 11) is 1.60. The molecule has 0 radical (unpaired) electrons. The van der Waals surface area contributed by atoms with Crippen LogP contribution in [0.5, 0.6) is 5.75 Å². The van der Waals surface area contributed by atoms with Gasteiger partial charge in [0.25, 0.3) is 5.91 Å². The second kappa shape index (κ2) is 4.82. The number of hydrogen-bond acceptors (Lipinski definition) is 2. The lowest BCUT2D eigenvalue weighted by Gasteiger charge is -2.10. The number of carbonyl (C=O) groups is 1. The molecule has 15 heavy (non-hydrogen) atoms. The molecule has 0 unspecified atom stereocenters. The van der Waals surface area contributed by atoms with Crippen molar-refractivity contribution in [2.45, 2.75) is 26.8 Å². The molecule has 1 aromatic carbocycles. The third-order valence-corrected chi connectivity index (χ3v) is 2.09. The van der Waals surface area contributed by atoms with Crippen LogP contribution < -0.4 is 10.1 Å². The van der Waals surface area contributed by atoms with Gasteiger partial charge in [0, 0.05) is 11.6 Å². The van der Waals surface area contributed by atoms with Gasteiger partial charge in [-0.2, -0.15) is 0 Å². The summed E-state index contributed by atoms with van der Waals surface area (Å²) in [4.78, 5) is 11.7. The Morgan fingerprint density at radius 1 is 1.40 bits per heavy atom. The van der Waals surface area contributed by atoms with E-state index in [1.54, 1.807) is 19.2 Å². The second-order valence-electron chi connectivity index (χ2n) is 3.81. The van der Waals surface area contributed by atoms with Crippen LogP contribution in [0.25, 0.3) is 0 Å². The molecule has 0 spiro atoms. The van der Waals surface area contributed by atoms with E-state index in [2.05, 4.69) is 5.32 Å². The molecule has 3 heteroatoms. The molecule has 0 aliphatic carbocycles. The van der Waals surface area contributed by atoms with Gasteiger partial charge in [-0.25, -0.2) is 0 Å². The Morgan fingerprint density at radius 3 is 2.60 bits per heavy atom. The highest BCUT2D eigenvalue weighted by Crippen LogP contribution is 2.18. The quantitative estimate of drug-likeness (QED) is 0.824. The number of aryl methyl sites for hydroxylation is 1. The van der Waals surface area contributed by atoms with Crippen LogP contribution in [0.15, 0.2) is 18.2 Å². The number of carbonyl (C=O) groups excluding carboxylic acids is 1. The summed E-state index contributed by atoms with van der Waals surface area (Å²) < 4.78 is 5.16. The topological polar surface area (TPSA) is 38.3 Å². The minimum absolute atomic E-state index is 0.0664. The van der Waals surface area contributed by atoms with Gasteiger partial charge in [0.2, 0.25) is 0 Å². The number of amides is 1. The van der Waals surface area contributed by atoms with Gasteiger partial charge in [0.1, 0.15) is 5.75 Å². The Hall–Kier alpha value is -1.51. The summed E-state index contributed by atoms with van der Waals surface area (Å²) >= 11 is 0. The smallest absolute Gasteiger partial charge is 0.251 e. The predicted molar refractivity (Wildman–Crippen MR) is 60.3 cm³/mol. The first-order valence-corrected chi connectivity index (χ1v) is 5.00. The van der Waals surface area contributed by atoms with E-state index in [9.17, 15) is 4.79 Å². The van der Waals surface area contributed by atoms with Crippen molar-refractivity contribution in [2.75, 3.05) is 7.11 Å². The summed E-state index contributed by atoms with van der Waals surface area (Å²) in [6.45, 7) is 5.82. The molecule has 1 aromatic rings. The first kappa shape index (κ1) is 11.6. The molecule has 0 saturated carbocycles. The lowest BCUT2D eigenvalue weighted by Crippen LogP contribution is -2.30. The number of ether oxygens (including phenoxy) is 1. The monoisotopic (exact) mass is 207 g/mol. The molecule has 0 atom stereocenters. The van der Waals surface area contributed by atoms with Crippen LogP contribution in [-0.2, 0) is 0 Å². The average Bonchev–Trinajstić information content (AvgIpc) is 2.17. The molecule has 3 nitrogen and oxygen atoms in total. The Bertz CT molecular complexity index is 359. The molecular formula is C12H17NO2. The van der Waals surface area contributed by atoms with Gasteiger partial charge >= 0.3 is 0 Å². The number of methoxy groups -OCH3 is 1. The van der Waals surface area contributed by atoms with Gasteiger partial charge < -0.3 is 10.1 Å². The Labute approximate surface area is 90.4 Å². The fourth-order valence-electron chi connectivity index (χ4n) is 1.31. The molecule has 1 rings (SSSR count). The highest BCUT2D eigenvalue weighted by molar-refractivity contribution is 5.94. The van der Waals surface area contributed by atoms with Crippen molar-refractivity contribution in [3.63, 3.8) is 0 Å². The SMILES string of the molecule is COc1cc(C(=O)NC(C)C)ccc1C. The summed E-state index contributed by atoms with van der Waals surface area (Å²) in [5, 5.41) is 2.84. The normalized spacial score (nSPS) is 10.2. The van der Waals surface area contributed by atoms with E-state index in [-0.39, 0.29) is 11.9 Å². The molecule has 0 heterocycles. The minimum atomic E-state index is -0.0664. The molecule has 0 aromatic heterocycles. The summed E-state index contributed by atoms with van der Waals surface area (Å²) in [5.41, 5.74) is 1.66. The Balaban J connectivity index is 2.91. The van der Waals surface area contributed by atoms with Gasteiger partial charge in [0.15, 0.2) is 0 Å². The second-order valence-corrected chi connectivity index (χ2v) is 3.81. The molecule has 1 N–H and O–H groups in total. The van der Waals surface area contributed by atoms with Crippen molar-refractivity contribution in [1.29, 1.82) is 0 Å². The number of hydrogen-bond donors (Lipinski definition) is 1. The molecule has 0 aliphatic rings.